The molecule has 1 aromatic heterocycles. The zero-order chi connectivity index (χ0) is 18.7. The predicted molar refractivity (Wildman–Crippen MR) is 96.6 cm³/mol. The van der Waals surface area contributed by atoms with Crippen molar-refractivity contribution in [3.8, 4) is 17.0 Å². The van der Waals surface area contributed by atoms with Crippen molar-refractivity contribution >= 4 is 5.78 Å². The van der Waals surface area contributed by atoms with E-state index >= 15 is 0 Å². The number of nitrogens with one attached hydrogen (secondary N) is 1. The van der Waals surface area contributed by atoms with Crippen molar-refractivity contribution in [2.45, 2.75) is 13.5 Å². The van der Waals surface area contributed by atoms with Crippen LogP contribution in [-0.4, -0.2) is 21.5 Å². The average Bonchev–Trinajstić information content (AvgIpc) is 2.92. The van der Waals surface area contributed by atoms with Gasteiger partial charge in [-0.2, -0.15) is 0 Å². The summed E-state index contributed by atoms with van der Waals surface area (Å²) < 4.78 is 21.7. The normalized spacial score (nSPS) is 10.7. The van der Waals surface area contributed by atoms with E-state index in [1.165, 1.54) is 24.3 Å². The topological polar surface area (TPSA) is 60.0 Å². The maximum absolute atomic E-state index is 13.0. The van der Waals surface area contributed by atoms with Crippen LogP contribution < -0.4 is 10.4 Å². The molecule has 26 heavy (non-hydrogen) atoms. The monoisotopic (exact) mass is 353 g/mol. The Morgan fingerprint density at radius 2 is 1.77 bits per heavy atom. The quantitative estimate of drug-likeness (QED) is 0.691. The highest BCUT2D eigenvalue weighted by atomic mass is 19.1. The van der Waals surface area contributed by atoms with Crippen LogP contribution in [0, 0.1) is 11.2 Å². The molecule has 6 heteroatoms. The van der Waals surface area contributed by atoms with Crippen molar-refractivity contribution in [1.29, 1.82) is 5.41 Å². The van der Waals surface area contributed by atoms with Crippen molar-refractivity contribution in [1.82, 2.24) is 9.13 Å². The lowest BCUT2D eigenvalue weighted by molar-refractivity contribution is 0.0970. The van der Waals surface area contributed by atoms with Gasteiger partial charge in [0.2, 0.25) is 5.62 Å². The molecule has 0 fully saturated rings. The molecule has 3 rings (SSSR count). The number of ether oxygens (including phenoxy) is 1. The van der Waals surface area contributed by atoms with Gasteiger partial charge in [-0.3, -0.25) is 10.2 Å². The maximum Gasteiger partial charge on any atom is 0.202 e. The zero-order valence-corrected chi connectivity index (χ0v) is 14.7. The molecule has 0 bridgehead atoms. The number of hydrogen-bond donors (Lipinski definition) is 1. The molecule has 0 radical (unpaired) electrons. The molecule has 2 aromatic carbocycles. The summed E-state index contributed by atoms with van der Waals surface area (Å²) in [6.45, 7) is 2.56. The number of imidazole rings is 1. The lowest BCUT2D eigenvalue weighted by atomic mass is 10.1. The van der Waals surface area contributed by atoms with E-state index in [4.69, 9.17) is 10.1 Å². The first-order valence-corrected chi connectivity index (χ1v) is 8.32. The van der Waals surface area contributed by atoms with E-state index in [1.54, 1.807) is 22.4 Å². The van der Waals surface area contributed by atoms with Crippen molar-refractivity contribution in [2.75, 3.05) is 6.61 Å². The molecule has 0 aliphatic rings. The molecule has 0 aliphatic heterocycles. The second-order valence-corrected chi connectivity index (χ2v) is 5.91. The van der Waals surface area contributed by atoms with Crippen LogP contribution in [-0.2, 0) is 13.6 Å². The van der Waals surface area contributed by atoms with E-state index in [0.29, 0.717) is 12.2 Å². The lowest BCUT2D eigenvalue weighted by Crippen LogP contribution is -2.25. The number of ketones is 1. The molecule has 3 aromatic rings. The Morgan fingerprint density at radius 3 is 2.38 bits per heavy atom. The molecular formula is C20H20FN3O2. The van der Waals surface area contributed by atoms with E-state index in [9.17, 15) is 9.18 Å². The fourth-order valence-electron chi connectivity index (χ4n) is 2.76. The third-order valence-electron chi connectivity index (χ3n) is 4.17. The largest absolute Gasteiger partial charge is 0.494 e. The molecule has 1 heterocycles. The van der Waals surface area contributed by atoms with Gasteiger partial charge in [-0.1, -0.05) is 0 Å². The van der Waals surface area contributed by atoms with Gasteiger partial charge in [0.1, 0.15) is 11.6 Å². The molecule has 0 saturated heterocycles. The molecule has 0 aliphatic carbocycles. The minimum Gasteiger partial charge on any atom is -0.494 e. The highest BCUT2D eigenvalue weighted by Crippen LogP contribution is 2.21. The molecule has 1 N–H and O–H groups in total. The molecule has 5 nitrogen and oxygen atoms in total. The number of Topliss-reactive ketones (excluding diaryl/α,β-unsaturated/α-hetero) is 1. The van der Waals surface area contributed by atoms with Gasteiger partial charge < -0.3 is 13.9 Å². The number of carbonyl (C=O) groups excluding carboxylic acids is 1. The fourth-order valence-corrected chi connectivity index (χ4v) is 2.76. The van der Waals surface area contributed by atoms with Crippen LogP contribution in [0.5, 0.6) is 5.75 Å². The van der Waals surface area contributed by atoms with Crippen LogP contribution in [0.4, 0.5) is 4.39 Å². The Morgan fingerprint density at radius 1 is 1.12 bits per heavy atom. The van der Waals surface area contributed by atoms with Gasteiger partial charge in [-0.15, -0.1) is 0 Å². The van der Waals surface area contributed by atoms with E-state index < -0.39 is 0 Å². The van der Waals surface area contributed by atoms with Gasteiger partial charge in [0, 0.05) is 18.8 Å². The highest BCUT2D eigenvalue weighted by molar-refractivity contribution is 5.95. The van der Waals surface area contributed by atoms with Gasteiger partial charge in [-0.25, -0.2) is 4.39 Å². The van der Waals surface area contributed by atoms with Crippen LogP contribution in [0.3, 0.4) is 0 Å². The molecule has 0 atom stereocenters. The Bertz CT molecular complexity index is 970. The first kappa shape index (κ1) is 17.7. The number of rotatable bonds is 6. The van der Waals surface area contributed by atoms with Crippen molar-refractivity contribution in [3.05, 3.63) is 71.7 Å². The number of halogens is 1. The minimum atomic E-state index is -0.382. The summed E-state index contributed by atoms with van der Waals surface area (Å²) in [6, 6.07) is 13.0. The second-order valence-electron chi connectivity index (χ2n) is 5.91. The molecule has 134 valence electrons. The lowest BCUT2D eigenvalue weighted by Gasteiger charge is -2.05. The smallest absolute Gasteiger partial charge is 0.202 e. The van der Waals surface area contributed by atoms with Gasteiger partial charge in [0.25, 0.3) is 0 Å². The average molecular weight is 353 g/mol. The van der Waals surface area contributed by atoms with Crippen LogP contribution in [0.1, 0.15) is 17.3 Å². The standard InChI is InChI=1S/C20H20FN3O2/c1-3-26-17-10-6-14(7-11-17)18-12-24(20(22)23(18)2)13-19(25)15-4-8-16(21)9-5-15/h4-12,22H,3,13H2,1-2H3. The summed E-state index contributed by atoms with van der Waals surface area (Å²) in [4.78, 5) is 12.4. The maximum atomic E-state index is 13.0. The van der Waals surface area contributed by atoms with Gasteiger partial charge >= 0.3 is 0 Å². The third kappa shape index (κ3) is 3.59. The van der Waals surface area contributed by atoms with E-state index in [2.05, 4.69) is 0 Å². The second kappa shape index (κ2) is 7.39. The highest BCUT2D eigenvalue weighted by Gasteiger charge is 2.12. The fraction of sp³-hybridized carbons (Fsp3) is 0.200. The van der Waals surface area contributed by atoms with Gasteiger partial charge in [0.05, 0.1) is 18.8 Å². The predicted octanol–water partition coefficient (Wildman–Crippen LogP) is 3.39. The summed E-state index contributed by atoms with van der Waals surface area (Å²) in [7, 11) is 1.78. The summed E-state index contributed by atoms with van der Waals surface area (Å²) in [5.74, 6) is 0.233. The zero-order valence-electron chi connectivity index (χ0n) is 14.7. The number of aromatic nitrogens is 2. The summed E-state index contributed by atoms with van der Waals surface area (Å²) in [6.07, 6.45) is 1.78. The van der Waals surface area contributed by atoms with Crippen molar-refractivity contribution in [3.63, 3.8) is 0 Å². The summed E-state index contributed by atoms with van der Waals surface area (Å²) >= 11 is 0. The van der Waals surface area contributed by atoms with Crippen LogP contribution >= 0.6 is 0 Å². The van der Waals surface area contributed by atoms with Crippen molar-refractivity contribution < 1.29 is 13.9 Å². The van der Waals surface area contributed by atoms with E-state index in [0.717, 1.165) is 17.0 Å². The number of benzene rings is 2. The Balaban J connectivity index is 1.86. The number of carbonyl (C=O) groups is 1. The van der Waals surface area contributed by atoms with Gasteiger partial charge in [-0.05, 0) is 61.0 Å². The molecule has 0 unspecified atom stereocenters. The first-order chi connectivity index (χ1) is 12.5. The van der Waals surface area contributed by atoms with Crippen LogP contribution in [0.2, 0.25) is 0 Å². The number of hydrogen-bond acceptors (Lipinski definition) is 3. The molecule has 0 spiro atoms. The summed E-state index contributed by atoms with van der Waals surface area (Å²) in [5.41, 5.74) is 2.39. The third-order valence-corrected chi connectivity index (χ3v) is 4.17. The van der Waals surface area contributed by atoms with Gasteiger partial charge in [0.15, 0.2) is 5.78 Å². The van der Waals surface area contributed by atoms with Crippen LogP contribution in [0.25, 0.3) is 11.3 Å². The Hall–Kier alpha value is -3.15. The summed E-state index contributed by atoms with van der Waals surface area (Å²) in [5, 5.41) is 8.25. The molecule has 0 saturated carbocycles. The van der Waals surface area contributed by atoms with Crippen molar-refractivity contribution in [2.24, 2.45) is 7.05 Å². The van der Waals surface area contributed by atoms with Crippen LogP contribution in [0.15, 0.2) is 54.7 Å². The number of nitrogens with zero attached hydrogens (tertiary/aromatic N) is 2. The Kier molecular flexibility index (Phi) is 5.02. The first-order valence-electron chi connectivity index (χ1n) is 8.32. The Labute approximate surface area is 150 Å². The molecule has 0 amide bonds. The minimum absolute atomic E-state index is 0.0231. The van der Waals surface area contributed by atoms with E-state index in [1.807, 2.05) is 31.2 Å². The SMILES string of the molecule is CCOc1ccc(-c2cn(CC(=O)c3ccc(F)cc3)c(=N)n2C)cc1. The molecular weight excluding hydrogens is 333 g/mol. The van der Waals surface area contributed by atoms with E-state index in [-0.39, 0.29) is 23.8 Å².